The van der Waals surface area contributed by atoms with Gasteiger partial charge in [-0.15, -0.1) is 0 Å². The van der Waals surface area contributed by atoms with Crippen LogP contribution in [0.15, 0.2) is 24.5 Å². The fraction of sp³-hybridized carbons (Fsp3) is 0.222. The second kappa shape index (κ2) is 2.95. The van der Waals surface area contributed by atoms with Crippen molar-refractivity contribution in [3.05, 3.63) is 30.1 Å². The van der Waals surface area contributed by atoms with Crippen molar-refractivity contribution in [3.8, 4) is 0 Å². The van der Waals surface area contributed by atoms with Crippen molar-refractivity contribution in [1.82, 2.24) is 15.3 Å². The van der Waals surface area contributed by atoms with Crippen molar-refractivity contribution in [2.45, 2.75) is 6.54 Å². The molecule has 3 nitrogen and oxygen atoms in total. The SMILES string of the molecule is CNCc1c[nH]c2cccnc12. The molecule has 0 aliphatic heterocycles. The predicted molar refractivity (Wildman–Crippen MR) is 48.9 cm³/mol. The Balaban J connectivity index is 2.55. The lowest BCUT2D eigenvalue weighted by Crippen LogP contribution is -2.04. The summed E-state index contributed by atoms with van der Waals surface area (Å²) in [5.41, 5.74) is 3.38. The quantitative estimate of drug-likeness (QED) is 0.696. The van der Waals surface area contributed by atoms with Gasteiger partial charge >= 0.3 is 0 Å². The number of hydrogen-bond acceptors (Lipinski definition) is 2. The van der Waals surface area contributed by atoms with E-state index in [4.69, 9.17) is 0 Å². The topological polar surface area (TPSA) is 40.7 Å². The van der Waals surface area contributed by atoms with E-state index in [0.717, 1.165) is 17.6 Å². The molecule has 0 saturated carbocycles. The molecule has 0 unspecified atom stereocenters. The normalized spacial score (nSPS) is 10.8. The molecule has 2 aromatic rings. The summed E-state index contributed by atoms with van der Waals surface area (Å²) < 4.78 is 0. The van der Waals surface area contributed by atoms with Gasteiger partial charge in [-0.05, 0) is 19.2 Å². The highest BCUT2D eigenvalue weighted by molar-refractivity contribution is 5.78. The number of hydrogen-bond donors (Lipinski definition) is 2. The van der Waals surface area contributed by atoms with Crippen LogP contribution in [0.5, 0.6) is 0 Å². The number of nitrogens with zero attached hydrogens (tertiary/aromatic N) is 1. The minimum Gasteiger partial charge on any atom is -0.360 e. The Morgan fingerprint density at radius 2 is 2.50 bits per heavy atom. The van der Waals surface area contributed by atoms with Crippen LogP contribution < -0.4 is 5.32 Å². The van der Waals surface area contributed by atoms with Crippen LogP contribution in [0.3, 0.4) is 0 Å². The maximum Gasteiger partial charge on any atom is 0.0923 e. The molecule has 2 aromatic heterocycles. The molecule has 0 saturated heterocycles. The highest BCUT2D eigenvalue weighted by Gasteiger charge is 2.01. The van der Waals surface area contributed by atoms with Crippen molar-refractivity contribution in [2.75, 3.05) is 7.05 Å². The number of aromatic nitrogens is 2. The summed E-state index contributed by atoms with van der Waals surface area (Å²) in [6.45, 7) is 0.858. The lowest BCUT2D eigenvalue weighted by Gasteiger charge is -1.94. The smallest absolute Gasteiger partial charge is 0.0923 e. The number of nitrogens with one attached hydrogen (secondary N) is 2. The molecule has 0 radical (unpaired) electrons. The Hall–Kier alpha value is -1.35. The van der Waals surface area contributed by atoms with E-state index in [1.807, 2.05) is 31.6 Å². The molecule has 0 amide bonds. The second-order valence-corrected chi connectivity index (χ2v) is 2.74. The second-order valence-electron chi connectivity index (χ2n) is 2.74. The lowest BCUT2D eigenvalue weighted by molar-refractivity contribution is 0.822. The van der Waals surface area contributed by atoms with Crippen molar-refractivity contribution in [3.63, 3.8) is 0 Å². The van der Waals surface area contributed by atoms with Gasteiger partial charge in [0.1, 0.15) is 0 Å². The van der Waals surface area contributed by atoms with Gasteiger partial charge < -0.3 is 10.3 Å². The molecule has 3 heteroatoms. The van der Waals surface area contributed by atoms with E-state index in [1.165, 1.54) is 5.56 Å². The van der Waals surface area contributed by atoms with Crippen molar-refractivity contribution < 1.29 is 0 Å². The van der Waals surface area contributed by atoms with Crippen LogP contribution in [0.1, 0.15) is 5.56 Å². The molecule has 0 aliphatic rings. The molecule has 62 valence electrons. The molecule has 12 heavy (non-hydrogen) atoms. The zero-order valence-corrected chi connectivity index (χ0v) is 6.96. The van der Waals surface area contributed by atoms with Crippen LogP contribution in [0.4, 0.5) is 0 Å². The first-order valence-corrected chi connectivity index (χ1v) is 3.97. The Labute approximate surface area is 70.8 Å². The molecule has 0 atom stereocenters. The number of fused-ring (bicyclic) bond motifs is 1. The van der Waals surface area contributed by atoms with Gasteiger partial charge in [0.25, 0.3) is 0 Å². The lowest BCUT2D eigenvalue weighted by atomic mass is 10.3. The first kappa shape index (κ1) is 7.31. The number of H-pyrrole nitrogens is 1. The van der Waals surface area contributed by atoms with Crippen LogP contribution in [0.25, 0.3) is 11.0 Å². The molecule has 0 spiro atoms. The van der Waals surface area contributed by atoms with Crippen LogP contribution in [0.2, 0.25) is 0 Å². The molecular weight excluding hydrogens is 150 g/mol. The molecule has 0 aliphatic carbocycles. The Morgan fingerprint density at radius 1 is 1.58 bits per heavy atom. The van der Waals surface area contributed by atoms with E-state index in [9.17, 15) is 0 Å². The number of aromatic amines is 1. The van der Waals surface area contributed by atoms with E-state index >= 15 is 0 Å². The Kier molecular flexibility index (Phi) is 1.80. The fourth-order valence-electron chi connectivity index (χ4n) is 1.34. The average Bonchev–Trinajstić information content (AvgIpc) is 2.50. The van der Waals surface area contributed by atoms with Gasteiger partial charge in [-0.1, -0.05) is 0 Å². The van der Waals surface area contributed by atoms with Crippen LogP contribution >= 0.6 is 0 Å². The molecule has 0 fully saturated rings. The van der Waals surface area contributed by atoms with E-state index in [-0.39, 0.29) is 0 Å². The zero-order valence-electron chi connectivity index (χ0n) is 6.96. The zero-order chi connectivity index (χ0) is 8.39. The minimum absolute atomic E-state index is 0.858. The number of pyridine rings is 1. The molecule has 0 bridgehead atoms. The number of rotatable bonds is 2. The average molecular weight is 161 g/mol. The summed E-state index contributed by atoms with van der Waals surface area (Å²) >= 11 is 0. The summed E-state index contributed by atoms with van der Waals surface area (Å²) in [6.07, 6.45) is 3.81. The molecule has 0 aromatic carbocycles. The largest absolute Gasteiger partial charge is 0.360 e. The third kappa shape index (κ3) is 1.08. The standard InChI is InChI=1S/C9H11N3/c1-10-5-7-6-12-8-3-2-4-11-9(7)8/h2-4,6,10,12H,5H2,1H3. The van der Waals surface area contributed by atoms with Crippen molar-refractivity contribution >= 4 is 11.0 Å². The molecule has 2 rings (SSSR count). The highest BCUT2D eigenvalue weighted by atomic mass is 14.8. The maximum absolute atomic E-state index is 4.29. The summed E-state index contributed by atoms with van der Waals surface area (Å²) in [5.74, 6) is 0. The Morgan fingerprint density at radius 3 is 3.33 bits per heavy atom. The summed E-state index contributed by atoms with van der Waals surface area (Å²) in [5, 5.41) is 3.10. The summed E-state index contributed by atoms with van der Waals surface area (Å²) in [4.78, 5) is 7.46. The van der Waals surface area contributed by atoms with Gasteiger partial charge in [-0.25, -0.2) is 0 Å². The fourth-order valence-corrected chi connectivity index (χ4v) is 1.34. The molecular formula is C9H11N3. The third-order valence-corrected chi connectivity index (χ3v) is 1.88. The van der Waals surface area contributed by atoms with Gasteiger partial charge in [0.15, 0.2) is 0 Å². The summed E-state index contributed by atoms with van der Waals surface area (Å²) in [7, 11) is 1.93. The first-order valence-electron chi connectivity index (χ1n) is 3.97. The van der Waals surface area contributed by atoms with Crippen molar-refractivity contribution in [2.24, 2.45) is 0 Å². The molecule has 2 N–H and O–H groups in total. The maximum atomic E-state index is 4.29. The van der Waals surface area contributed by atoms with Gasteiger partial charge in [-0.3, -0.25) is 4.98 Å². The van der Waals surface area contributed by atoms with E-state index < -0.39 is 0 Å². The van der Waals surface area contributed by atoms with Gasteiger partial charge in [-0.2, -0.15) is 0 Å². The highest BCUT2D eigenvalue weighted by Crippen LogP contribution is 2.13. The van der Waals surface area contributed by atoms with Crippen LogP contribution in [0, 0.1) is 0 Å². The Bertz CT molecular complexity index is 378. The van der Waals surface area contributed by atoms with Gasteiger partial charge in [0.2, 0.25) is 0 Å². The van der Waals surface area contributed by atoms with E-state index in [2.05, 4.69) is 15.3 Å². The summed E-state index contributed by atoms with van der Waals surface area (Å²) in [6, 6.07) is 3.96. The van der Waals surface area contributed by atoms with E-state index in [1.54, 1.807) is 0 Å². The molecule has 2 heterocycles. The first-order chi connectivity index (χ1) is 5.92. The predicted octanol–water partition coefficient (Wildman–Crippen LogP) is 1.28. The van der Waals surface area contributed by atoms with Crippen molar-refractivity contribution in [1.29, 1.82) is 0 Å². The monoisotopic (exact) mass is 161 g/mol. The third-order valence-electron chi connectivity index (χ3n) is 1.88. The van der Waals surface area contributed by atoms with Crippen LogP contribution in [-0.2, 0) is 6.54 Å². The van der Waals surface area contributed by atoms with E-state index in [0.29, 0.717) is 0 Å². The van der Waals surface area contributed by atoms with Gasteiger partial charge in [0.05, 0.1) is 11.0 Å². The van der Waals surface area contributed by atoms with Gasteiger partial charge in [0, 0.05) is 24.5 Å². The minimum atomic E-state index is 0.858. The van der Waals surface area contributed by atoms with Crippen LogP contribution in [-0.4, -0.2) is 17.0 Å².